The van der Waals surface area contributed by atoms with Crippen LogP contribution in [-0.4, -0.2) is 49.5 Å². The Bertz CT molecular complexity index is 891. The minimum absolute atomic E-state index is 0.193. The maximum Gasteiger partial charge on any atom is 0.205 e. The summed E-state index contributed by atoms with van der Waals surface area (Å²) < 4.78 is 22.9. The summed E-state index contributed by atoms with van der Waals surface area (Å²) in [6, 6.07) is 1.86. The zero-order valence-electron chi connectivity index (χ0n) is 15.3. The lowest BCUT2D eigenvalue weighted by molar-refractivity contribution is 0.0614. The third-order valence-corrected chi connectivity index (χ3v) is 5.07. The molecule has 0 bridgehead atoms. The number of aryl methyl sites for hydroxylation is 1. The quantitative estimate of drug-likeness (QED) is 0.723. The Hall–Kier alpha value is -2.18. The molecule has 3 aromatic rings. The molecule has 1 fully saturated rings. The number of likely N-dealkylation sites (tertiary alicyclic amines) is 1. The van der Waals surface area contributed by atoms with Gasteiger partial charge in [-0.25, -0.2) is 0 Å². The van der Waals surface area contributed by atoms with Crippen molar-refractivity contribution in [3.8, 4) is 11.5 Å². The summed E-state index contributed by atoms with van der Waals surface area (Å²) in [5, 5.41) is 12.2. The van der Waals surface area contributed by atoms with Crippen LogP contribution in [0.4, 0.5) is 0 Å². The van der Waals surface area contributed by atoms with Crippen LogP contribution in [0.3, 0.4) is 0 Å². The molecule has 0 spiro atoms. The highest BCUT2D eigenvalue weighted by molar-refractivity contribution is 6.10. The van der Waals surface area contributed by atoms with Crippen LogP contribution >= 0.6 is 0 Å². The standard InChI is InChI=1S/C20H25NO5/c1-13-11-25-17-15-6-9-24-18(15)20(23-2)19(16(13)17)26-12-14(22)10-21-7-4-3-5-8-21/h6,9,11,14,22H,3-5,7-8,10,12H2,1-2H3. The van der Waals surface area contributed by atoms with Gasteiger partial charge in [-0.3, -0.25) is 0 Å². The molecule has 3 heterocycles. The predicted molar refractivity (Wildman–Crippen MR) is 99.1 cm³/mol. The maximum atomic E-state index is 10.4. The predicted octanol–water partition coefficient (Wildman–Crippen LogP) is 3.72. The Morgan fingerprint density at radius 1 is 1.15 bits per heavy atom. The molecule has 1 saturated heterocycles. The van der Waals surface area contributed by atoms with Crippen LogP contribution in [-0.2, 0) is 0 Å². The van der Waals surface area contributed by atoms with E-state index in [1.165, 1.54) is 19.3 Å². The molecular weight excluding hydrogens is 334 g/mol. The Morgan fingerprint density at radius 3 is 2.73 bits per heavy atom. The van der Waals surface area contributed by atoms with Crippen molar-refractivity contribution < 1.29 is 23.4 Å². The number of nitrogens with zero attached hydrogens (tertiary/aromatic N) is 1. The van der Waals surface area contributed by atoms with Crippen molar-refractivity contribution in [1.29, 1.82) is 0 Å². The van der Waals surface area contributed by atoms with Crippen molar-refractivity contribution in [2.45, 2.75) is 32.3 Å². The van der Waals surface area contributed by atoms with Crippen LogP contribution in [0.1, 0.15) is 24.8 Å². The van der Waals surface area contributed by atoms with E-state index in [1.54, 1.807) is 19.6 Å². The fourth-order valence-corrected chi connectivity index (χ4v) is 3.80. The summed E-state index contributed by atoms with van der Waals surface area (Å²) in [5.41, 5.74) is 2.27. The molecule has 1 atom stereocenters. The number of hydrogen-bond donors (Lipinski definition) is 1. The lowest BCUT2D eigenvalue weighted by atomic mass is 10.1. The van der Waals surface area contributed by atoms with E-state index in [0.717, 1.165) is 29.4 Å². The Kier molecular flexibility index (Phi) is 4.78. The minimum Gasteiger partial charge on any atom is -0.490 e. The summed E-state index contributed by atoms with van der Waals surface area (Å²) in [6.07, 6.45) is 6.43. The number of benzene rings is 1. The molecule has 0 amide bonds. The van der Waals surface area contributed by atoms with E-state index < -0.39 is 6.10 Å². The second-order valence-corrected chi connectivity index (χ2v) is 6.97. The molecular formula is C20H25NO5. The van der Waals surface area contributed by atoms with Gasteiger partial charge in [-0.1, -0.05) is 6.42 Å². The van der Waals surface area contributed by atoms with E-state index >= 15 is 0 Å². The second-order valence-electron chi connectivity index (χ2n) is 6.97. The molecule has 2 aromatic heterocycles. The summed E-state index contributed by atoms with van der Waals surface area (Å²) in [4.78, 5) is 2.29. The number of rotatable bonds is 6. The molecule has 0 radical (unpaired) electrons. The first kappa shape index (κ1) is 17.2. The molecule has 4 rings (SSSR count). The molecule has 6 heteroatoms. The third-order valence-electron chi connectivity index (χ3n) is 5.07. The molecule has 26 heavy (non-hydrogen) atoms. The fraction of sp³-hybridized carbons (Fsp3) is 0.500. The van der Waals surface area contributed by atoms with Gasteiger partial charge in [0.2, 0.25) is 5.75 Å². The molecule has 1 aliphatic heterocycles. The Labute approximate surface area is 152 Å². The van der Waals surface area contributed by atoms with Crippen molar-refractivity contribution in [1.82, 2.24) is 4.90 Å². The van der Waals surface area contributed by atoms with Gasteiger partial charge in [-0.15, -0.1) is 0 Å². The summed E-state index contributed by atoms with van der Waals surface area (Å²) in [7, 11) is 1.59. The van der Waals surface area contributed by atoms with Gasteiger partial charge in [0.25, 0.3) is 0 Å². The number of aliphatic hydroxyl groups is 1. The van der Waals surface area contributed by atoms with E-state index in [-0.39, 0.29) is 6.61 Å². The summed E-state index contributed by atoms with van der Waals surface area (Å²) in [6.45, 7) is 4.87. The highest BCUT2D eigenvalue weighted by Crippen LogP contribution is 2.45. The van der Waals surface area contributed by atoms with Crippen LogP contribution in [0.25, 0.3) is 21.9 Å². The maximum absolute atomic E-state index is 10.4. The molecule has 140 valence electrons. The summed E-state index contributed by atoms with van der Waals surface area (Å²) in [5.74, 6) is 1.10. The smallest absolute Gasteiger partial charge is 0.205 e. The second kappa shape index (κ2) is 7.21. The first-order valence-corrected chi connectivity index (χ1v) is 9.17. The SMILES string of the molecule is COc1c(OCC(O)CN2CCCCC2)c2c(C)coc2c2ccoc12. The number of β-amino-alcohol motifs (C(OH)–C–C–N with tert-alkyl or cyclic N) is 1. The van der Waals surface area contributed by atoms with Gasteiger partial charge in [-0.2, -0.15) is 0 Å². The van der Waals surface area contributed by atoms with Gasteiger partial charge >= 0.3 is 0 Å². The van der Waals surface area contributed by atoms with Gasteiger partial charge in [0.05, 0.1) is 30.4 Å². The van der Waals surface area contributed by atoms with Gasteiger partial charge < -0.3 is 28.3 Å². The van der Waals surface area contributed by atoms with Crippen molar-refractivity contribution in [2.24, 2.45) is 0 Å². The van der Waals surface area contributed by atoms with E-state index in [1.807, 2.05) is 13.0 Å². The zero-order chi connectivity index (χ0) is 18.1. The first-order valence-electron chi connectivity index (χ1n) is 9.17. The Balaban J connectivity index is 1.61. The molecule has 1 N–H and O–H groups in total. The highest BCUT2D eigenvalue weighted by atomic mass is 16.5. The van der Waals surface area contributed by atoms with Gasteiger partial charge in [0, 0.05) is 6.54 Å². The van der Waals surface area contributed by atoms with Crippen molar-refractivity contribution in [3.63, 3.8) is 0 Å². The fourth-order valence-electron chi connectivity index (χ4n) is 3.80. The molecule has 1 aromatic carbocycles. The number of aliphatic hydroxyl groups excluding tert-OH is 1. The lowest BCUT2D eigenvalue weighted by Crippen LogP contribution is -2.38. The van der Waals surface area contributed by atoms with E-state index in [9.17, 15) is 5.11 Å². The topological polar surface area (TPSA) is 68.2 Å². The number of fused-ring (bicyclic) bond motifs is 3. The highest BCUT2D eigenvalue weighted by Gasteiger charge is 2.24. The van der Waals surface area contributed by atoms with Crippen molar-refractivity contribution in [2.75, 3.05) is 33.4 Å². The largest absolute Gasteiger partial charge is 0.490 e. The first-order chi connectivity index (χ1) is 12.7. The van der Waals surface area contributed by atoms with E-state index in [2.05, 4.69) is 4.90 Å². The number of methoxy groups -OCH3 is 1. The van der Waals surface area contributed by atoms with Gasteiger partial charge in [-0.05, 0) is 44.5 Å². The number of hydrogen-bond acceptors (Lipinski definition) is 6. The molecule has 6 nitrogen and oxygen atoms in total. The number of furan rings is 2. The minimum atomic E-state index is -0.563. The number of ether oxygens (including phenoxy) is 2. The Morgan fingerprint density at radius 2 is 1.96 bits per heavy atom. The molecule has 1 unspecified atom stereocenters. The number of piperidine rings is 1. The van der Waals surface area contributed by atoms with Crippen LogP contribution in [0.15, 0.2) is 27.4 Å². The van der Waals surface area contributed by atoms with E-state index in [0.29, 0.717) is 29.2 Å². The van der Waals surface area contributed by atoms with Crippen LogP contribution < -0.4 is 9.47 Å². The average molecular weight is 359 g/mol. The zero-order valence-corrected chi connectivity index (χ0v) is 15.3. The summed E-state index contributed by atoms with van der Waals surface area (Å²) >= 11 is 0. The molecule has 0 saturated carbocycles. The van der Waals surface area contributed by atoms with E-state index in [4.69, 9.17) is 18.3 Å². The van der Waals surface area contributed by atoms with Crippen molar-refractivity contribution in [3.05, 3.63) is 24.2 Å². The lowest BCUT2D eigenvalue weighted by Gasteiger charge is -2.28. The third kappa shape index (κ3) is 3.04. The van der Waals surface area contributed by atoms with Crippen LogP contribution in [0.5, 0.6) is 11.5 Å². The van der Waals surface area contributed by atoms with Gasteiger partial charge in [0.1, 0.15) is 18.3 Å². The van der Waals surface area contributed by atoms with Crippen LogP contribution in [0, 0.1) is 6.92 Å². The normalized spacial score (nSPS) is 17.0. The molecule has 0 aliphatic carbocycles. The average Bonchev–Trinajstić information content (AvgIpc) is 3.27. The van der Waals surface area contributed by atoms with Crippen molar-refractivity contribution >= 4 is 21.9 Å². The van der Waals surface area contributed by atoms with Crippen LogP contribution in [0.2, 0.25) is 0 Å². The van der Waals surface area contributed by atoms with Gasteiger partial charge in [0.15, 0.2) is 11.3 Å². The molecule has 1 aliphatic rings. The monoisotopic (exact) mass is 359 g/mol.